The van der Waals surface area contributed by atoms with Crippen molar-refractivity contribution in [2.75, 3.05) is 5.32 Å². The normalized spacial score (nSPS) is 10.5. The van der Waals surface area contributed by atoms with Gasteiger partial charge in [-0.25, -0.2) is 0 Å². The van der Waals surface area contributed by atoms with Gasteiger partial charge in [0.2, 0.25) is 0 Å². The Morgan fingerprint density at radius 2 is 2.16 bits per heavy atom. The van der Waals surface area contributed by atoms with E-state index in [0.717, 1.165) is 22.5 Å². The van der Waals surface area contributed by atoms with Crippen LogP contribution in [0, 0.1) is 13.8 Å². The highest BCUT2D eigenvalue weighted by molar-refractivity contribution is 7.80. The predicted molar refractivity (Wildman–Crippen MR) is 77.9 cm³/mol. The second kappa shape index (κ2) is 5.31. The number of rotatable bonds is 4. The summed E-state index contributed by atoms with van der Waals surface area (Å²) in [6.07, 6.45) is 1.89. The molecule has 7 heteroatoms. The summed E-state index contributed by atoms with van der Waals surface area (Å²) in [4.78, 5) is 0.319. The van der Waals surface area contributed by atoms with Gasteiger partial charge in [-0.3, -0.25) is 4.68 Å². The highest BCUT2D eigenvalue weighted by Crippen LogP contribution is 2.18. The molecule has 19 heavy (non-hydrogen) atoms. The summed E-state index contributed by atoms with van der Waals surface area (Å²) < 4.78 is 1.75. The van der Waals surface area contributed by atoms with E-state index < -0.39 is 0 Å². The highest BCUT2D eigenvalue weighted by Gasteiger charge is 2.13. The summed E-state index contributed by atoms with van der Waals surface area (Å²) in [5.41, 5.74) is 9.20. The van der Waals surface area contributed by atoms with Gasteiger partial charge in [-0.15, -0.1) is 5.10 Å². The number of hydrogen-bond acceptors (Lipinski definition) is 5. The molecular weight excluding hydrogens is 260 g/mol. The van der Waals surface area contributed by atoms with Crippen LogP contribution in [-0.4, -0.2) is 25.0 Å². The largest absolute Gasteiger partial charge is 0.389 e. The first kappa shape index (κ1) is 13.4. The number of thiocarbonyl (C=S) groups is 1. The van der Waals surface area contributed by atoms with E-state index in [4.69, 9.17) is 18.0 Å². The lowest BCUT2D eigenvalue weighted by Crippen LogP contribution is -2.18. The van der Waals surface area contributed by atoms with E-state index in [0.29, 0.717) is 17.4 Å². The minimum absolute atomic E-state index is 0.319. The van der Waals surface area contributed by atoms with Crippen LogP contribution in [0.1, 0.15) is 22.5 Å². The molecule has 0 radical (unpaired) electrons. The van der Waals surface area contributed by atoms with Crippen molar-refractivity contribution in [2.24, 2.45) is 12.8 Å². The molecule has 0 atom stereocenters. The Bertz CT molecular complexity index is 619. The maximum Gasteiger partial charge on any atom is 0.159 e. The van der Waals surface area contributed by atoms with Crippen LogP contribution in [0.25, 0.3) is 0 Å². The molecule has 0 aliphatic heterocycles. The number of aryl methyl sites for hydroxylation is 2. The first-order valence-corrected chi connectivity index (χ1v) is 6.26. The average Bonchev–Trinajstić information content (AvgIpc) is 2.76. The fraction of sp³-hybridized carbons (Fsp3) is 0.333. The first-order valence-electron chi connectivity index (χ1n) is 5.85. The number of hydrogen-bond donors (Lipinski definition) is 2. The third kappa shape index (κ3) is 2.87. The van der Waals surface area contributed by atoms with Crippen molar-refractivity contribution in [1.82, 2.24) is 20.0 Å². The van der Waals surface area contributed by atoms with Crippen LogP contribution in [-0.2, 0) is 13.6 Å². The fourth-order valence-electron chi connectivity index (χ4n) is 1.77. The van der Waals surface area contributed by atoms with Crippen LogP contribution < -0.4 is 11.1 Å². The summed E-state index contributed by atoms with van der Waals surface area (Å²) in [6, 6.07) is 1.93. The summed E-state index contributed by atoms with van der Waals surface area (Å²) in [5, 5.41) is 15.7. The smallest absolute Gasteiger partial charge is 0.159 e. The number of nitrogens with one attached hydrogen (secondary N) is 1. The minimum Gasteiger partial charge on any atom is -0.389 e. The van der Waals surface area contributed by atoms with Gasteiger partial charge in [0.1, 0.15) is 4.99 Å². The molecule has 100 valence electrons. The van der Waals surface area contributed by atoms with Gasteiger partial charge in [0, 0.05) is 13.2 Å². The van der Waals surface area contributed by atoms with Gasteiger partial charge < -0.3 is 11.1 Å². The molecule has 0 saturated heterocycles. The van der Waals surface area contributed by atoms with Gasteiger partial charge in [-0.1, -0.05) is 12.2 Å². The molecule has 0 spiro atoms. The number of aromatic nitrogens is 4. The monoisotopic (exact) mass is 276 g/mol. The van der Waals surface area contributed by atoms with E-state index >= 15 is 0 Å². The molecule has 2 aromatic rings. The molecule has 2 aromatic heterocycles. The quantitative estimate of drug-likeness (QED) is 0.813. The molecule has 2 heterocycles. The lowest BCUT2D eigenvalue weighted by Gasteiger charge is -2.12. The zero-order valence-electron chi connectivity index (χ0n) is 11.1. The van der Waals surface area contributed by atoms with Crippen molar-refractivity contribution in [3.05, 3.63) is 34.8 Å². The summed E-state index contributed by atoms with van der Waals surface area (Å²) in [7, 11) is 1.87. The maximum absolute atomic E-state index is 5.76. The molecule has 2 rings (SSSR count). The van der Waals surface area contributed by atoms with Gasteiger partial charge in [0.05, 0.1) is 23.5 Å². The van der Waals surface area contributed by atoms with Gasteiger partial charge in [-0.05, 0) is 25.5 Å². The Kier molecular flexibility index (Phi) is 3.75. The van der Waals surface area contributed by atoms with Crippen LogP contribution in [0.3, 0.4) is 0 Å². The molecule has 0 fully saturated rings. The molecule has 0 saturated carbocycles. The van der Waals surface area contributed by atoms with E-state index in [1.165, 1.54) is 0 Å². The van der Waals surface area contributed by atoms with Crippen LogP contribution in [0.2, 0.25) is 0 Å². The van der Waals surface area contributed by atoms with Crippen molar-refractivity contribution in [1.29, 1.82) is 0 Å². The van der Waals surface area contributed by atoms with E-state index in [1.807, 2.05) is 33.2 Å². The average molecular weight is 276 g/mol. The van der Waals surface area contributed by atoms with E-state index in [-0.39, 0.29) is 0 Å². The zero-order chi connectivity index (χ0) is 14.0. The summed E-state index contributed by atoms with van der Waals surface area (Å²) in [6.45, 7) is 4.37. The standard InChI is InChI=1S/C12H16N6S/c1-7-8(2)15-16-12(10(7)11(13)19)14-6-9-4-5-18(3)17-9/h4-5H,6H2,1-3H3,(H2,13,19)(H,14,16). The van der Waals surface area contributed by atoms with Crippen molar-refractivity contribution in [3.63, 3.8) is 0 Å². The van der Waals surface area contributed by atoms with Crippen LogP contribution in [0.5, 0.6) is 0 Å². The Balaban J connectivity index is 2.25. The molecule has 0 bridgehead atoms. The maximum atomic E-state index is 5.76. The molecular formula is C12H16N6S. The van der Waals surface area contributed by atoms with Crippen molar-refractivity contribution < 1.29 is 0 Å². The van der Waals surface area contributed by atoms with E-state index in [1.54, 1.807) is 4.68 Å². The topological polar surface area (TPSA) is 81.7 Å². The minimum atomic E-state index is 0.319. The molecule has 0 amide bonds. The van der Waals surface area contributed by atoms with Gasteiger partial charge in [0.25, 0.3) is 0 Å². The fourth-order valence-corrected chi connectivity index (χ4v) is 2.02. The van der Waals surface area contributed by atoms with Crippen LogP contribution in [0.4, 0.5) is 5.82 Å². The Morgan fingerprint density at radius 3 is 2.74 bits per heavy atom. The molecule has 0 aliphatic rings. The van der Waals surface area contributed by atoms with Gasteiger partial charge >= 0.3 is 0 Å². The first-order chi connectivity index (χ1) is 8.99. The molecule has 0 aromatic carbocycles. The van der Waals surface area contributed by atoms with Gasteiger partial charge in [0.15, 0.2) is 5.82 Å². The molecule has 3 N–H and O–H groups in total. The number of nitrogens with zero attached hydrogens (tertiary/aromatic N) is 4. The highest BCUT2D eigenvalue weighted by atomic mass is 32.1. The Labute approximate surface area is 117 Å². The molecule has 6 nitrogen and oxygen atoms in total. The van der Waals surface area contributed by atoms with Crippen molar-refractivity contribution in [2.45, 2.75) is 20.4 Å². The molecule has 0 unspecified atom stereocenters. The van der Waals surface area contributed by atoms with Crippen molar-refractivity contribution in [3.8, 4) is 0 Å². The SMILES string of the molecule is Cc1nnc(NCc2ccn(C)n2)c(C(N)=S)c1C. The summed E-state index contributed by atoms with van der Waals surface area (Å²) >= 11 is 5.08. The van der Waals surface area contributed by atoms with Crippen LogP contribution in [0.15, 0.2) is 12.3 Å². The van der Waals surface area contributed by atoms with Gasteiger partial charge in [-0.2, -0.15) is 10.2 Å². The third-order valence-electron chi connectivity index (χ3n) is 2.91. The zero-order valence-corrected chi connectivity index (χ0v) is 12.0. The lowest BCUT2D eigenvalue weighted by atomic mass is 10.1. The van der Waals surface area contributed by atoms with Crippen molar-refractivity contribution >= 4 is 23.0 Å². The Morgan fingerprint density at radius 1 is 1.42 bits per heavy atom. The second-order valence-corrected chi connectivity index (χ2v) is 4.77. The molecule has 0 aliphatic carbocycles. The van der Waals surface area contributed by atoms with E-state index in [2.05, 4.69) is 20.6 Å². The number of anilines is 1. The Hall–Kier alpha value is -2.02. The second-order valence-electron chi connectivity index (χ2n) is 4.33. The lowest BCUT2D eigenvalue weighted by molar-refractivity contribution is 0.746. The third-order valence-corrected chi connectivity index (χ3v) is 3.11. The predicted octanol–water partition coefficient (Wildman–Crippen LogP) is 1.07. The summed E-state index contributed by atoms with van der Waals surface area (Å²) in [5.74, 6) is 0.598. The van der Waals surface area contributed by atoms with E-state index in [9.17, 15) is 0 Å². The number of nitrogens with two attached hydrogens (primary N) is 1. The van der Waals surface area contributed by atoms with Crippen LogP contribution >= 0.6 is 12.2 Å².